The Morgan fingerprint density at radius 1 is 1.32 bits per heavy atom. The van der Waals surface area contributed by atoms with Gasteiger partial charge in [-0.25, -0.2) is 18.4 Å². The van der Waals surface area contributed by atoms with Crippen molar-refractivity contribution < 1.29 is 13.2 Å². The number of primary sulfonamides is 1. The molecular formula is C12H15N3O3S. The summed E-state index contributed by atoms with van der Waals surface area (Å²) in [5.41, 5.74) is 1.02. The molecule has 0 aromatic heterocycles. The Hall–Kier alpha value is -2.12. The van der Waals surface area contributed by atoms with Crippen molar-refractivity contribution in [3.63, 3.8) is 0 Å². The Morgan fingerprint density at radius 3 is 2.32 bits per heavy atom. The monoisotopic (exact) mass is 281 g/mol. The van der Waals surface area contributed by atoms with Crippen molar-refractivity contribution in [2.24, 2.45) is 5.14 Å². The third kappa shape index (κ3) is 4.57. The van der Waals surface area contributed by atoms with Crippen LogP contribution in [0.15, 0.2) is 53.6 Å². The smallest absolute Gasteiger partial charge is 0.308 e. The largest absolute Gasteiger partial charge is 0.323 e. The van der Waals surface area contributed by atoms with Crippen LogP contribution in [0.5, 0.6) is 0 Å². The third-order valence-corrected chi connectivity index (χ3v) is 3.16. The second-order valence-electron chi connectivity index (χ2n) is 3.60. The Kier molecular flexibility index (Phi) is 4.85. The summed E-state index contributed by atoms with van der Waals surface area (Å²) in [5, 5.41) is 10.1. The molecule has 0 heterocycles. The fourth-order valence-electron chi connectivity index (χ4n) is 1.26. The van der Waals surface area contributed by atoms with Crippen molar-refractivity contribution in [1.82, 2.24) is 5.32 Å². The van der Waals surface area contributed by atoms with Crippen molar-refractivity contribution in [2.75, 3.05) is 5.32 Å². The summed E-state index contributed by atoms with van der Waals surface area (Å²) in [5.74, 6) is 0. The fourth-order valence-corrected chi connectivity index (χ4v) is 1.78. The minimum atomic E-state index is -3.73. The number of benzene rings is 1. The van der Waals surface area contributed by atoms with Crippen molar-refractivity contribution in [1.29, 1.82) is 0 Å². The number of anilines is 1. The summed E-state index contributed by atoms with van der Waals surface area (Å²) in [6.45, 7) is 5.30. The van der Waals surface area contributed by atoms with E-state index >= 15 is 0 Å². The van der Waals surface area contributed by atoms with Gasteiger partial charge >= 0.3 is 6.03 Å². The maximum Gasteiger partial charge on any atom is 0.323 e. The second kappa shape index (κ2) is 6.17. The fraction of sp³-hybridized carbons (Fsp3) is 0.0833. The molecular weight excluding hydrogens is 266 g/mol. The first-order valence-corrected chi connectivity index (χ1v) is 6.91. The maximum absolute atomic E-state index is 11.6. The van der Waals surface area contributed by atoms with Gasteiger partial charge in [0.15, 0.2) is 0 Å². The molecule has 19 heavy (non-hydrogen) atoms. The molecule has 1 rings (SSSR count). The molecule has 0 aliphatic heterocycles. The topological polar surface area (TPSA) is 101 Å². The van der Waals surface area contributed by atoms with Gasteiger partial charge in [-0.05, 0) is 37.3 Å². The Balaban J connectivity index is 2.74. The van der Waals surface area contributed by atoms with Crippen molar-refractivity contribution >= 4 is 21.7 Å². The minimum absolute atomic E-state index is 0.0151. The van der Waals surface area contributed by atoms with E-state index in [-0.39, 0.29) is 4.90 Å². The molecule has 0 aliphatic rings. The molecule has 2 amide bonds. The average molecular weight is 281 g/mol. The summed E-state index contributed by atoms with van der Waals surface area (Å²) < 4.78 is 22.1. The number of carbonyl (C=O) groups excluding carboxylic acids is 1. The first-order chi connectivity index (χ1) is 8.86. The Bertz CT molecular complexity index is 604. The normalized spacial score (nSPS) is 11.8. The van der Waals surface area contributed by atoms with Crippen molar-refractivity contribution in [3.8, 4) is 0 Å². The van der Waals surface area contributed by atoms with E-state index in [9.17, 15) is 13.2 Å². The molecule has 6 nitrogen and oxygen atoms in total. The van der Waals surface area contributed by atoms with Gasteiger partial charge in [0.1, 0.15) is 0 Å². The zero-order valence-corrected chi connectivity index (χ0v) is 11.2. The highest BCUT2D eigenvalue weighted by atomic mass is 32.2. The van der Waals surface area contributed by atoms with Crippen LogP contribution in [0.1, 0.15) is 6.92 Å². The van der Waals surface area contributed by atoms with Crippen LogP contribution in [-0.2, 0) is 10.0 Å². The number of carbonyl (C=O) groups is 1. The highest BCUT2D eigenvalue weighted by molar-refractivity contribution is 7.89. The standard InChI is InChI=1S/C12H15N3O3S/c1-3-9(4-2)14-12(16)15-10-5-7-11(8-6-10)19(13,17)18/h3-8H,1H2,2H3,(H2,13,17,18)(H2,14,15,16)/b9-4+. The summed E-state index contributed by atoms with van der Waals surface area (Å²) in [6, 6.07) is 5.08. The van der Waals surface area contributed by atoms with Gasteiger partial charge in [-0.1, -0.05) is 12.7 Å². The summed E-state index contributed by atoms with van der Waals surface area (Å²) >= 11 is 0. The van der Waals surface area contributed by atoms with Gasteiger partial charge in [-0.15, -0.1) is 0 Å². The number of nitrogens with two attached hydrogens (primary N) is 1. The lowest BCUT2D eigenvalue weighted by atomic mass is 10.3. The van der Waals surface area contributed by atoms with Crippen LogP contribution >= 0.6 is 0 Å². The molecule has 0 radical (unpaired) electrons. The molecule has 1 aromatic carbocycles. The van der Waals surface area contributed by atoms with E-state index in [1.807, 2.05) is 0 Å². The Morgan fingerprint density at radius 2 is 1.89 bits per heavy atom. The van der Waals surface area contributed by atoms with Gasteiger partial charge < -0.3 is 10.6 Å². The van der Waals surface area contributed by atoms with E-state index in [1.165, 1.54) is 30.3 Å². The summed E-state index contributed by atoms with van der Waals surface area (Å²) in [6.07, 6.45) is 3.19. The lowest BCUT2D eigenvalue weighted by Crippen LogP contribution is -2.27. The van der Waals surface area contributed by atoms with Crippen molar-refractivity contribution in [3.05, 3.63) is 48.7 Å². The van der Waals surface area contributed by atoms with Gasteiger partial charge in [-0.2, -0.15) is 0 Å². The van der Waals surface area contributed by atoms with Crippen molar-refractivity contribution in [2.45, 2.75) is 11.8 Å². The van der Waals surface area contributed by atoms with Gasteiger partial charge in [0.05, 0.1) is 4.90 Å². The van der Waals surface area contributed by atoms with Crippen LogP contribution in [-0.4, -0.2) is 14.4 Å². The third-order valence-electron chi connectivity index (χ3n) is 2.23. The van der Waals surface area contributed by atoms with Gasteiger partial charge in [0, 0.05) is 11.4 Å². The number of amides is 2. The van der Waals surface area contributed by atoms with Gasteiger partial charge in [0.2, 0.25) is 10.0 Å². The van der Waals surface area contributed by atoms with Crippen LogP contribution in [0, 0.1) is 0 Å². The number of allylic oxidation sites excluding steroid dienone is 2. The van der Waals surface area contributed by atoms with E-state index in [0.29, 0.717) is 11.4 Å². The molecule has 0 aliphatic carbocycles. The molecule has 7 heteroatoms. The van der Waals surface area contributed by atoms with E-state index < -0.39 is 16.1 Å². The minimum Gasteiger partial charge on any atom is -0.308 e. The molecule has 1 aromatic rings. The SMILES string of the molecule is C=C/C(=C\C)NC(=O)Nc1ccc(S(N)(=O)=O)cc1. The number of urea groups is 1. The highest BCUT2D eigenvalue weighted by Crippen LogP contribution is 2.12. The van der Waals surface area contributed by atoms with Crippen LogP contribution in [0.4, 0.5) is 10.5 Å². The summed E-state index contributed by atoms with van der Waals surface area (Å²) in [7, 11) is -3.73. The Labute approximate surface area is 112 Å². The molecule has 0 spiro atoms. The maximum atomic E-state index is 11.6. The molecule has 0 atom stereocenters. The summed E-state index contributed by atoms with van der Waals surface area (Å²) in [4.78, 5) is 11.6. The van der Waals surface area contributed by atoms with Crippen LogP contribution in [0.3, 0.4) is 0 Å². The van der Waals surface area contributed by atoms with Gasteiger partial charge in [-0.3, -0.25) is 0 Å². The number of hydrogen-bond donors (Lipinski definition) is 3. The number of nitrogens with one attached hydrogen (secondary N) is 2. The molecule has 0 fully saturated rings. The predicted octanol–water partition coefficient (Wildman–Crippen LogP) is 1.55. The average Bonchev–Trinajstić information content (AvgIpc) is 2.35. The first kappa shape index (κ1) is 14.9. The number of hydrogen-bond acceptors (Lipinski definition) is 3. The van der Waals surface area contributed by atoms with Crippen LogP contribution in [0.25, 0.3) is 0 Å². The molecule has 102 valence electrons. The van der Waals surface area contributed by atoms with Crippen LogP contribution < -0.4 is 15.8 Å². The molecule has 0 bridgehead atoms. The zero-order chi connectivity index (χ0) is 14.5. The highest BCUT2D eigenvalue weighted by Gasteiger charge is 2.07. The zero-order valence-electron chi connectivity index (χ0n) is 10.4. The first-order valence-electron chi connectivity index (χ1n) is 5.36. The quantitative estimate of drug-likeness (QED) is 0.730. The van der Waals surface area contributed by atoms with Crippen LogP contribution in [0.2, 0.25) is 0 Å². The molecule has 0 unspecified atom stereocenters. The molecule has 0 saturated heterocycles. The lowest BCUT2D eigenvalue weighted by Gasteiger charge is -2.08. The van der Waals surface area contributed by atoms with E-state index in [4.69, 9.17) is 5.14 Å². The second-order valence-corrected chi connectivity index (χ2v) is 5.16. The van der Waals surface area contributed by atoms with E-state index in [0.717, 1.165) is 0 Å². The van der Waals surface area contributed by atoms with E-state index in [2.05, 4.69) is 17.2 Å². The molecule has 0 saturated carbocycles. The molecule has 4 N–H and O–H groups in total. The number of sulfonamides is 1. The van der Waals surface area contributed by atoms with E-state index in [1.54, 1.807) is 13.0 Å². The van der Waals surface area contributed by atoms with Gasteiger partial charge in [0.25, 0.3) is 0 Å². The predicted molar refractivity (Wildman–Crippen MR) is 73.9 cm³/mol. The lowest BCUT2D eigenvalue weighted by molar-refractivity contribution is 0.254. The number of rotatable bonds is 4.